The number of ether oxygens (including phenoxy) is 1. The van der Waals surface area contributed by atoms with Crippen molar-refractivity contribution < 1.29 is 23.8 Å². The van der Waals surface area contributed by atoms with Crippen molar-refractivity contribution in [3.63, 3.8) is 0 Å². The van der Waals surface area contributed by atoms with Gasteiger partial charge in [-0.05, 0) is 58.5 Å². The van der Waals surface area contributed by atoms with E-state index < -0.39 is 5.97 Å². The van der Waals surface area contributed by atoms with Gasteiger partial charge in [0, 0.05) is 42.8 Å². The first-order valence-corrected chi connectivity index (χ1v) is 11.9. The van der Waals surface area contributed by atoms with Gasteiger partial charge in [-0.15, -0.1) is 0 Å². The molecule has 0 radical (unpaired) electrons. The molecule has 184 valence electrons. The van der Waals surface area contributed by atoms with E-state index in [9.17, 15) is 19.1 Å². The van der Waals surface area contributed by atoms with Crippen LogP contribution in [0.5, 0.6) is 5.75 Å². The maximum absolute atomic E-state index is 14.8. The van der Waals surface area contributed by atoms with Crippen molar-refractivity contribution in [3.8, 4) is 16.9 Å². The molecule has 1 aromatic heterocycles. The van der Waals surface area contributed by atoms with E-state index in [4.69, 9.17) is 4.74 Å². The highest BCUT2D eigenvalue weighted by atomic mass is 19.1. The molecule has 36 heavy (non-hydrogen) atoms. The van der Waals surface area contributed by atoms with Crippen molar-refractivity contribution >= 4 is 22.8 Å². The van der Waals surface area contributed by atoms with Crippen molar-refractivity contribution in [1.82, 2.24) is 9.47 Å². The molecule has 1 aliphatic rings. The molecular formula is C29H27FN2O4. The number of hydrogen-bond donors (Lipinski definition) is 1. The van der Waals surface area contributed by atoms with Crippen LogP contribution in [0.4, 0.5) is 4.39 Å². The molecule has 0 saturated carbocycles. The van der Waals surface area contributed by atoms with E-state index in [0.29, 0.717) is 35.4 Å². The van der Waals surface area contributed by atoms with E-state index in [-0.39, 0.29) is 31.1 Å². The number of carboxylic acid groups (broad SMARTS) is 1. The molecule has 0 saturated heterocycles. The lowest BCUT2D eigenvalue weighted by Crippen LogP contribution is -2.37. The van der Waals surface area contributed by atoms with Gasteiger partial charge < -0.3 is 19.3 Å². The second kappa shape index (κ2) is 9.49. The Balaban J connectivity index is 1.49. The van der Waals surface area contributed by atoms with Crippen molar-refractivity contribution in [3.05, 3.63) is 88.9 Å². The van der Waals surface area contributed by atoms with E-state index in [1.807, 2.05) is 42.1 Å². The minimum atomic E-state index is -0.933. The molecule has 0 bridgehead atoms. The minimum absolute atomic E-state index is 0.0150. The fourth-order valence-electron chi connectivity index (χ4n) is 5.19. The van der Waals surface area contributed by atoms with E-state index in [1.165, 1.54) is 6.07 Å². The second-order valence-corrected chi connectivity index (χ2v) is 9.18. The van der Waals surface area contributed by atoms with Crippen LogP contribution < -0.4 is 4.74 Å². The van der Waals surface area contributed by atoms with Gasteiger partial charge in [-0.1, -0.05) is 30.3 Å². The third-order valence-corrected chi connectivity index (χ3v) is 6.94. The smallest absolute Gasteiger partial charge is 0.307 e. The van der Waals surface area contributed by atoms with Gasteiger partial charge in [-0.2, -0.15) is 0 Å². The van der Waals surface area contributed by atoms with Crippen LogP contribution in [0.2, 0.25) is 0 Å². The monoisotopic (exact) mass is 486 g/mol. The summed E-state index contributed by atoms with van der Waals surface area (Å²) in [7, 11) is 3.51. The summed E-state index contributed by atoms with van der Waals surface area (Å²) in [5, 5.41) is 10.3. The number of aromatic nitrogens is 1. The molecule has 1 amide bonds. The lowest BCUT2D eigenvalue weighted by Gasteiger charge is -2.31. The van der Waals surface area contributed by atoms with E-state index in [2.05, 4.69) is 0 Å². The third-order valence-electron chi connectivity index (χ3n) is 6.94. The Kier molecular flexibility index (Phi) is 6.22. The first-order valence-electron chi connectivity index (χ1n) is 11.9. The summed E-state index contributed by atoms with van der Waals surface area (Å²) in [6.45, 7) is 0.714. The summed E-state index contributed by atoms with van der Waals surface area (Å²) in [6, 6.07) is 16.3. The molecule has 0 atom stereocenters. The first kappa shape index (κ1) is 23.6. The van der Waals surface area contributed by atoms with Gasteiger partial charge in [0.05, 0.1) is 20.0 Å². The van der Waals surface area contributed by atoms with Gasteiger partial charge in [0.15, 0.2) is 0 Å². The summed E-state index contributed by atoms with van der Waals surface area (Å²) in [6.07, 6.45) is 2.53. The van der Waals surface area contributed by atoms with Crippen LogP contribution in [0.3, 0.4) is 0 Å². The summed E-state index contributed by atoms with van der Waals surface area (Å²) in [5.41, 5.74) is 5.42. The van der Waals surface area contributed by atoms with E-state index >= 15 is 0 Å². The zero-order chi connectivity index (χ0) is 25.4. The molecule has 5 rings (SSSR count). The zero-order valence-electron chi connectivity index (χ0n) is 20.3. The van der Waals surface area contributed by atoms with Crippen molar-refractivity contribution in [1.29, 1.82) is 0 Å². The number of para-hydroxylation sites is 1. The number of carboxylic acids is 1. The highest BCUT2D eigenvalue weighted by Crippen LogP contribution is 2.38. The number of carbonyl (C=O) groups is 2. The molecule has 0 aliphatic carbocycles. The standard InChI is InChI=1S/C29H27FN2O4/c1-31-16-19(20-5-3-4-6-26(20)31)15-28(33)32-12-11-22-24(17-32)21(8-9-25(22)30)23-13-18(14-29(34)35)7-10-27(23)36-2/h3-10,13,16H,11-12,14-15,17H2,1-2H3,(H,34,35). The van der Waals surface area contributed by atoms with Gasteiger partial charge in [0.1, 0.15) is 11.6 Å². The second-order valence-electron chi connectivity index (χ2n) is 9.18. The topological polar surface area (TPSA) is 71.8 Å². The molecule has 0 unspecified atom stereocenters. The van der Waals surface area contributed by atoms with Crippen LogP contribution in [0.1, 0.15) is 22.3 Å². The molecule has 1 N–H and O–H groups in total. The summed E-state index contributed by atoms with van der Waals surface area (Å²) < 4.78 is 22.4. The number of methoxy groups -OCH3 is 1. The average Bonchev–Trinajstić information content (AvgIpc) is 3.19. The number of aliphatic carboxylic acids is 1. The van der Waals surface area contributed by atoms with Crippen LogP contribution in [0.15, 0.2) is 60.8 Å². The van der Waals surface area contributed by atoms with Crippen LogP contribution in [0.25, 0.3) is 22.0 Å². The number of rotatable bonds is 6. The van der Waals surface area contributed by atoms with Gasteiger partial charge in [0.2, 0.25) is 5.91 Å². The number of aryl methyl sites for hydroxylation is 1. The molecule has 4 aromatic rings. The molecule has 0 fully saturated rings. The maximum Gasteiger partial charge on any atom is 0.307 e. The fourth-order valence-corrected chi connectivity index (χ4v) is 5.19. The van der Waals surface area contributed by atoms with E-state index in [1.54, 1.807) is 36.3 Å². The lowest BCUT2D eigenvalue weighted by molar-refractivity contribution is -0.136. The van der Waals surface area contributed by atoms with E-state index in [0.717, 1.165) is 27.6 Å². The Labute approximate surface area is 208 Å². The molecule has 0 spiro atoms. The van der Waals surface area contributed by atoms with Crippen LogP contribution in [-0.2, 0) is 42.4 Å². The predicted octanol–water partition coefficient (Wildman–Crippen LogP) is 4.75. The highest BCUT2D eigenvalue weighted by molar-refractivity contribution is 5.89. The SMILES string of the molecule is COc1ccc(CC(=O)O)cc1-c1ccc(F)c2c1CN(C(=O)Cc1cn(C)c3ccccc13)CC2. The lowest BCUT2D eigenvalue weighted by atomic mass is 9.89. The van der Waals surface area contributed by atoms with Crippen molar-refractivity contribution in [2.24, 2.45) is 7.05 Å². The zero-order valence-corrected chi connectivity index (χ0v) is 20.3. The van der Waals surface area contributed by atoms with Crippen LogP contribution in [0, 0.1) is 5.82 Å². The number of halogens is 1. The normalized spacial score (nSPS) is 13.0. The molecule has 1 aliphatic heterocycles. The Hall–Kier alpha value is -4.13. The molecule has 3 aromatic carbocycles. The fraction of sp³-hybridized carbons (Fsp3) is 0.241. The van der Waals surface area contributed by atoms with Crippen LogP contribution >= 0.6 is 0 Å². The van der Waals surface area contributed by atoms with Crippen molar-refractivity contribution in [2.45, 2.75) is 25.8 Å². The minimum Gasteiger partial charge on any atom is -0.496 e. The molecule has 6 nitrogen and oxygen atoms in total. The van der Waals surface area contributed by atoms with Gasteiger partial charge >= 0.3 is 5.97 Å². The Bertz CT molecular complexity index is 1490. The number of fused-ring (bicyclic) bond motifs is 2. The number of amides is 1. The number of benzene rings is 3. The summed E-state index contributed by atoms with van der Waals surface area (Å²) in [5.74, 6) is -0.677. The largest absolute Gasteiger partial charge is 0.496 e. The predicted molar refractivity (Wildman–Crippen MR) is 135 cm³/mol. The maximum atomic E-state index is 14.8. The Morgan fingerprint density at radius 3 is 2.61 bits per heavy atom. The average molecular weight is 487 g/mol. The number of carbonyl (C=O) groups excluding carboxylic acids is 1. The third kappa shape index (κ3) is 4.33. The quantitative estimate of drug-likeness (QED) is 0.427. The number of hydrogen-bond acceptors (Lipinski definition) is 3. The van der Waals surface area contributed by atoms with Gasteiger partial charge in [-0.3, -0.25) is 9.59 Å². The molecular weight excluding hydrogens is 459 g/mol. The van der Waals surface area contributed by atoms with Crippen LogP contribution in [-0.4, -0.2) is 40.1 Å². The Morgan fingerprint density at radius 2 is 1.83 bits per heavy atom. The molecule has 2 heterocycles. The first-order chi connectivity index (χ1) is 17.4. The van der Waals surface area contributed by atoms with Gasteiger partial charge in [-0.25, -0.2) is 4.39 Å². The van der Waals surface area contributed by atoms with Crippen molar-refractivity contribution in [2.75, 3.05) is 13.7 Å². The van der Waals surface area contributed by atoms with Gasteiger partial charge in [0.25, 0.3) is 0 Å². The molecule has 7 heteroatoms. The number of nitrogens with zero attached hydrogens (tertiary/aromatic N) is 2. The highest BCUT2D eigenvalue weighted by Gasteiger charge is 2.27. The summed E-state index contributed by atoms with van der Waals surface area (Å²) in [4.78, 5) is 26.4. The Morgan fingerprint density at radius 1 is 1.03 bits per heavy atom. The summed E-state index contributed by atoms with van der Waals surface area (Å²) >= 11 is 0.